The second kappa shape index (κ2) is 8.11. The van der Waals surface area contributed by atoms with Crippen LogP contribution >= 0.6 is 0 Å². The largest absolute Gasteiger partial charge is 0.423 e. The van der Waals surface area contributed by atoms with E-state index in [2.05, 4.69) is 30.8 Å². The Bertz CT molecular complexity index is 1300. The number of hydrogen-bond acceptors (Lipinski definition) is 7. The zero-order valence-corrected chi connectivity index (χ0v) is 16.7. The van der Waals surface area contributed by atoms with Gasteiger partial charge in [0.25, 0.3) is 6.01 Å². The Labute approximate surface area is 178 Å². The van der Waals surface area contributed by atoms with E-state index in [0.29, 0.717) is 23.7 Å². The van der Waals surface area contributed by atoms with Crippen LogP contribution in [0.25, 0.3) is 22.8 Å². The molecule has 31 heavy (non-hydrogen) atoms. The summed E-state index contributed by atoms with van der Waals surface area (Å²) in [7, 11) is 0. The van der Waals surface area contributed by atoms with Crippen LogP contribution in [0.4, 0.5) is 23.4 Å². The first-order valence-electron chi connectivity index (χ1n) is 9.70. The van der Waals surface area contributed by atoms with E-state index in [1.165, 1.54) is 0 Å². The molecule has 0 amide bonds. The lowest BCUT2D eigenvalue weighted by molar-refractivity contribution is -0.377. The quantitative estimate of drug-likeness (QED) is 0.405. The highest BCUT2D eigenvalue weighted by molar-refractivity contribution is 5.68. The number of nitrogens with zero attached hydrogens (tertiary/aromatic N) is 3. The molecule has 152 valence electrons. The summed E-state index contributed by atoms with van der Waals surface area (Å²) in [6, 6.07) is 20.1. The average molecular weight is 411 g/mol. The van der Waals surface area contributed by atoms with E-state index < -0.39 is 0 Å². The van der Waals surface area contributed by atoms with Crippen molar-refractivity contribution < 1.29 is 13.8 Å². The molecule has 0 spiro atoms. The molecule has 3 heterocycles. The second-order valence-corrected chi connectivity index (χ2v) is 6.88. The molecule has 3 aromatic heterocycles. The Kier molecular flexibility index (Phi) is 4.86. The first kappa shape index (κ1) is 18.6. The van der Waals surface area contributed by atoms with Crippen molar-refractivity contribution in [1.29, 1.82) is 0 Å². The highest BCUT2D eigenvalue weighted by Crippen LogP contribution is 2.28. The van der Waals surface area contributed by atoms with Crippen molar-refractivity contribution in [2.45, 2.75) is 6.92 Å². The third kappa shape index (κ3) is 4.13. The predicted molar refractivity (Wildman–Crippen MR) is 116 cm³/mol. The van der Waals surface area contributed by atoms with E-state index in [1.54, 1.807) is 6.20 Å². The van der Waals surface area contributed by atoms with E-state index in [-0.39, 0.29) is 0 Å². The van der Waals surface area contributed by atoms with Crippen LogP contribution in [0, 0.1) is 6.92 Å². The van der Waals surface area contributed by atoms with Crippen molar-refractivity contribution in [2.75, 3.05) is 10.6 Å². The van der Waals surface area contributed by atoms with Gasteiger partial charge in [-0.05, 0) is 36.8 Å². The van der Waals surface area contributed by atoms with Crippen molar-refractivity contribution in [1.82, 2.24) is 15.2 Å². The van der Waals surface area contributed by atoms with Gasteiger partial charge in [-0.25, -0.2) is 9.97 Å². The van der Waals surface area contributed by atoms with E-state index in [1.807, 2.05) is 80.0 Å². The molecule has 0 saturated carbocycles. The molecule has 8 heteroatoms. The fourth-order valence-electron chi connectivity index (χ4n) is 3.06. The zero-order chi connectivity index (χ0) is 21.0. The minimum absolute atomic E-state index is 0.313. The molecule has 0 saturated heterocycles. The van der Waals surface area contributed by atoms with Crippen molar-refractivity contribution in [3.05, 3.63) is 84.8 Å². The SMILES string of the molecule is Cc1ccc(Nc2nnc(-c3ccccc3)o2)cc1Nc1ncc(-c2cc[nH+]cc2)o1. The Morgan fingerprint density at radius 1 is 0.806 bits per heavy atom. The van der Waals surface area contributed by atoms with Crippen molar-refractivity contribution in [3.63, 3.8) is 0 Å². The number of rotatable bonds is 6. The molecule has 2 aromatic carbocycles. The molecule has 0 fully saturated rings. The molecule has 5 aromatic rings. The van der Waals surface area contributed by atoms with Crippen LogP contribution < -0.4 is 15.6 Å². The number of H-pyrrole nitrogens is 1. The van der Waals surface area contributed by atoms with E-state index in [9.17, 15) is 0 Å². The van der Waals surface area contributed by atoms with Crippen molar-refractivity contribution >= 4 is 23.4 Å². The van der Waals surface area contributed by atoms with Crippen LogP contribution in [0.5, 0.6) is 0 Å². The molecule has 3 N–H and O–H groups in total. The molecule has 8 nitrogen and oxygen atoms in total. The molecular weight excluding hydrogens is 392 g/mol. The lowest BCUT2D eigenvalue weighted by Crippen LogP contribution is -1.96. The van der Waals surface area contributed by atoms with Gasteiger partial charge in [-0.2, -0.15) is 0 Å². The van der Waals surface area contributed by atoms with Crippen molar-refractivity contribution in [3.8, 4) is 22.8 Å². The van der Waals surface area contributed by atoms with Gasteiger partial charge in [0, 0.05) is 34.6 Å². The summed E-state index contributed by atoms with van der Waals surface area (Å²) < 4.78 is 11.6. The van der Waals surface area contributed by atoms with Gasteiger partial charge in [0.05, 0.1) is 6.20 Å². The first-order chi connectivity index (χ1) is 15.2. The molecule has 0 aliphatic carbocycles. The topological polar surface area (TPSA) is 103 Å². The van der Waals surface area contributed by atoms with Crippen LogP contribution in [0.15, 0.2) is 88.1 Å². The molecule has 0 bridgehead atoms. The maximum absolute atomic E-state index is 5.84. The molecule has 0 atom stereocenters. The van der Waals surface area contributed by atoms with Gasteiger partial charge in [0.15, 0.2) is 18.2 Å². The van der Waals surface area contributed by atoms with Gasteiger partial charge >= 0.3 is 6.01 Å². The summed E-state index contributed by atoms with van der Waals surface area (Å²) in [6.45, 7) is 2.00. The molecule has 0 aliphatic heterocycles. The molecule has 0 unspecified atom stereocenters. The lowest BCUT2D eigenvalue weighted by Gasteiger charge is -2.09. The predicted octanol–water partition coefficient (Wildman–Crippen LogP) is 5.00. The summed E-state index contributed by atoms with van der Waals surface area (Å²) in [5.74, 6) is 1.14. The maximum Gasteiger partial charge on any atom is 0.320 e. The third-order valence-electron chi connectivity index (χ3n) is 4.68. The van der Waals surface area contributed by atoms with E-state index in [0.717, 1.165) is 28.1 Å². The number of aromatic amines is 1. The third-order valence-corrected chi connectivity index (χ3v) is 4.68. The zero-order valence-electron chi connectivity index (χ0n) is 16.7. The number of aryl methyl sites for hydroxylation is 1. The number of aromatic nitrogens is 4. The van der Waals surface area contributed by atoms with Gasteiger partial charge in [0.1, 0.15) is 0 Å². The normalized spacial score (nSPS) is 10.7. The monoisotopic (exact) mass is 411 g/mol. The lowest BCUT2D eigenvalue weighted by atomic mass is 10.2. The second-order valence-electron chi connectivity index (χ2n) is 6.88. The van der Waals surface area contributed by atoms with Gasteiger partial charge in [-0.1, -0.05) is 29.4 Å². The molecular formula is C23H19N6O2+. The number of anilines is 4. The number of nitrogens with one attached hydrogen (secondary N) is 3. The highest BCUT2D eigenvalue weighted by Gasteiger charge is 2.11. The minimum Gasteiger partial charge on any atom is -0.423 e. The Morgan fingerprint density at radius 2 is 1.65 bits per heavy atom. The van der Waals surface area contributed by atoms with Crippen molar-refractivity contribution in [2.24, 2.45) is 0 Å². The fourth-order valence-corrected chi connectivity index (χ4v) is 3.06. The smallest absolute Gasteiger partial charge is 0.320 e. The summed E-state index contributed by atoms with van der Waals surface area (Å²) >= 11 is 0. The van der Waals surface area contributed by atoms with Crippen LogP contribution in [-0.4, -0.2) is 15.2 Å². The minimum atomic E-state index is 0.313. The summed E-state index contributed by atoms with van der Waals surface area (Å²) in [4.78, 5) is 7.32. The van der Waals surface area contributed by atoms with E-state index in [4.69, 9.17) is 8.83 Å². The maximum atomic E-state index is 5.84. The number of oxazole rings is 1. The van der Waals surface area contributed by atoms with Gasteiger partial charge in [-0.3, -0.25) is 0 Å². The molecule has 0 aliphatic rings. The molecule has 5 rings (SSSR count). The van der Waals surface area contributed by atoms with Crippen LogP contribution in [0.3, 0.4) is 0 Å². The number of pyridine rings is 1. The summed E-state index contributed by atoms with van der Waals surface area (Å²) in [5.41, 5.74) is 4.49. The standard InChI is InChI=1S/C23H18N6O2/c1-15-7-8-18(26-23-29-28-21(31-23)17-5-3-2-4-6-17)13-19(15)27-22-25-14-20(30-22)16-9-11-24-12-10-16/h2-14H,1H3,(H,25,27)(H,26,29)/p+1. The van der Waals surface area contributed by atoms with E-state index >= 15 is 0 Å². The van der Waals surface area contributed by atoms with Gasteiger partial charge in [0.2, 0.25) is 5.89 Å². The molecule has 0 radical (unpaired) electrons. The fraction of sp³-hybridized carbons (Fsp3) is 0.0435. The first-order valence-corrected chi connectivity index (χ1v) is 9.70. The van der Waals surface area contributed by atoms with Crippen LogP contribution in [0.1, 0.15) is 5.56 Å². The van der Waals surface area contributed by atoms with Crippen LogP contribution in [0.2, 0.25) is 0 Å². The highest BCUT2D eigenvalue weighted by atomic mass is 16.4. The number of benzene rings is 2. The van der Waals surface area contributed by atoms with Gasteiger partial charge < -0.3 is 19.5 Å². The Hall–Kier alpha value is -4.46. The number of hydrogen-bond donors (Lipinski definition) is 2. The van der Waals surface area contributed by atoms with Gasteiger partial charge in [-0.15, -0.1) is 5.10 Å². The summed E-state index contributed by atoms with van der Waals surface area (Å²) in [5, 5.41) is 14.6. The van der Waals surface area contributed by atoms with Crippen LogP contribution in [-0.2, 0) is 0 Å². The Morgan fingerprint density at radius 3 is 2.48 bits per heavy atom. The Balaban J connectivity index is 1.33. The average Bonchev–Trinajstić information content (AvgIpc) is 3.47. The summed E-state index contributed by atoms with van der Waals surface area (Å²) in [6.07, 6.45) is 5.37.